The van der Waals surface area contributed by atoms with E-state index in [9.17, 15) is 4.79 Å². The Morgan fingerprint density at radius 1 is 1.44 bits per heavy atom. The van der Waals surface area contributed by atoms with Crippen molar-refractivity contribution >= 4 is 17.5 Å². The Bertz CT molecular complexity index is 363. The molecule has 1 unspecified atom stereocenters. The molecule has 2 nitrogen and oxygen atoms in total. The third-order valence-corrected chi connectivity index (χ3v) is 2.80. The van der Waals surface area contributed by atoms with Crippen LogP contribution in [0.3, 0.4) is 0 Å². The summed E-state index contributed by atoms with van der Waals surface area (Å²) in [6.45, 7) is 4.58. The van der Waals surface area contributed by atoms with Gasteiger partial charge >= 0.3 is 0 Å². The summed E-state index contributed by atoms with van der Waals surface area (Å²) in [6.07, 6.45) is 0.815. The lowest BCUT2D eigenvalue weighted by Crippen LogP contribution is -2.29. The van der Waals surface area contributed by atoms with E-state index in [0.29, 0.717) is 6.54 Å². The number of hydrogen-bond acceptors (Lipinski definition) is 1. The summed E-state index contributed by atoms with van der Waals surface area (Å²) in [6, 6.07) is 7.63. The molecule has 0 radical (unpaired) electrons. The van der Waals surface area contributed by atoms with Gasteiger partial charge in [-0.15, -0.1) is 11.6 Å². The van der Waals surface area contributed by atoms with Crippen molar-refractivity contribution < 1.29 is 4.79 Å². The van der Waals surface area contributed by atoms with Crippen molar-refractivity contribution in [2.24, 2.45) is 0 Å². The van der Waals surface area contributed by atoms with Gasteiger partial charge in [-0.3, -0.25) is 4.79 Å². The molecule has 0 saturated heterocycles. The minimum absolute atomic E-state index is 0.0652. The van der Waals surface area contributed by atoms with Gasteiger partial charge in [-0.2, -0.15) is 0 Å². The fraction of sp³-hybridized carbons (Fsp3) is 0.462. The number of hydrogen-bond donors (Lipinski definition) is 0. The number of halogens is 1. The van der Waals surface area contributed by atoms with Gasteiger partial charge in [0.15, 0.2) is 0 Å². The zero-order valence-corrected chi connectivity index (χ0v) is 10.8. The third kappa shape index (κ3) is 3.53. The molecule has 0 fully saturated rings. The van der Waals surface area contributed by atoms with Crippen molar-refractivity contribution in [2.75, 3.05) is 13.6 Å². The van der Waals surface area contributed by atoms with Gasteiger partial charge in [0.1, 0.15) is 0 Å². The maximum absolute atomic E-state index is 12.1. The lowest BCUT2D eigenvalue weighted by molar-refractivity contribution is 0.0793. The molecule has 0 aliphatic heterocycles. The average Bonchev–Trinajstić information content (AvgIpc) is 2.25. The average molecular weight is 240 g/mol. The van der Waals surface area contributed by atoms with Crippen LogP contribution in [0.4, 0.5) is 0 Å². The van der Waals surface area contributed by atoms with Gasteiger partial charge in [-0.25, -0.2) is 0 Å². The molecule has 0 N–H and O–H groups in total. The number of carbonyl (C=O) groups is 1. The van der Waals surface area contributed by atoms with Crippen LogP contribution in [0.15, 0.2) is 24.3 Å². The standard InChI is InChI=1S/C13H18ClNO/c1-10-6-4-5-7-12(10)13(16)15(3)9-8-11(2)14/h4-7,11H,8-9H2,1-3H3. The summed E-state index contributed by atoms with van der Waals surface area (Å²) in [5, 5.41) is 0.104. The van der Waals surface area contributed by atoms with E-state index in [4.69, 9.17) is 11.6 Å². The summed E-state index contributed by atoms with van der Waals surface area (Å²) < 4.78 is 0. The second-order valence-corrected chi connectivity index (χ2v) is 4.86. The molecule has 0 aromatic heterocycles. The van der Waals surface area contributed by atoms with Gasteiger partial charge in [0.25, 0.3) is 5.91 Å². The number of aryl methyl sites for hydroxylation is 1. The van der Waals surface area contributed by atoms with Crippen LogP contribution in [-0.4, -0.2) is 29.8 Å². The maximum Gasteiger partial charge on any atom is 0.253 e. The zero-order valence-electron chi connectivity index (χ0n) is 10.0. The van der Waals surface area contributed by atoms with Crippen molar-refractivity contribution in [2.45, 2.75) is 25.6 Å². The van der Waals surface area contributed by atoms with Crippen LogP contribution in [0.5, 0.6) is 0 Å². The first-order valence-corrected chi connectivity index (χ1v) is 5.91. The molecule has 1 atom stereocenters. The Labute approximate surface area is 102 Å². The molecular formula is C13H18ClNO. The first-order valence-electron chi connectivity index (χ1n) is 5.47. The highest BCUT2D eigenvalue weighted by Crippen LogP contribution is 2.10. The van der Waals surface area contributed by atoms with E-state index in [2.05, 4.69) is 0 Å². The van der Waals surface area contributed by atoms with E-state index in [0.717, 1.165) is 17.5 Å². The summed E-state index contributed by atoms with van der Waals surface area (Å²) in [5.74, 6) is 0.0652. The van der Waals surface area contributed by atoms with Gasteiger partial charge in [-0.05, 0) is 31.9 Å². The van der Waals surface area contributed by atoms with Gasteiger partial charge in [0.05, 0.1) is 0 Å². The van der Waals surface area contributed by atoms with Crippen molar-refractivity contribution in [3.8, 4) is 0 Å². The highest BCUT2D eigenvalue weighted by atomic mass is 35.5. The number of amides is 1. The molecule has 0 spiro atoms. The normalized spacial score (nSPS) is 12.2. The van der Waals surface area contributed by atoms with E-state index >= 15 is 0 Å². The Morgan fingerprint density at radius 2 is 2.06 bits per heavy atom. The Kier molecular flexibility index (Phi) is 4.81. The lowest BCUT2D eigenvalue weighted by Gasteiger charge is -2.18. The fourth-order valence-electron chi connectivity index (χ4n) is 1.49. The number of alkyl halides is 1. The topological polar surface area (TPSA) is 20.3 Å². The molecule has 1 rings (SSSR count). The van der Waals surface area contributed by atoms with Crippen LogP contribution in [0.1, 0.15) is 29.3 Å². The van der Waals surface area contributed by atoms with Crippen molar-refractivity contribution in [1.82, 2.24) is 4.90 Å². The predicted molar refractivity (Wildman–Crippen MR) is 68.1 cm³/mol. The van der Waals surface area contributed by atoms with E-state index in [1.54, 1.807) is 4.90 Å². The Morgan fingerprint density at radius 3 is 2.62 bits per heavy atom. The minimum atomic E-state index is 0.0652. The lowest BCUT2D eigenvalue weighted by atomic mass is 10.1. The van der Waals surface area contributed by atoms with Gasteiger partial charge in [-0.1, -0.05) is 18.2 Å². The first-order chi connectivity index (χ1) is 7.52. The summed E-state index contributed by atoms with van der Waals surface area (Å²) in [5.41, 5.74) is 1.78. The number of carbonyl (C=O) groups excluding carboxylic acids is 1. The molecule has 1 amide bonds. The predicted octanol–water partition coefficient (Wildman–Crippen LogP) is 3.08. The zero-order chi connectivity index (χ0) is 12.1. The van der Waals surface area contributed by atoms with Crippen LogP contribution in [0, 0.1) is 6.92 Å². The molecule has 16 heavy (non-hydrogen) atoms. The summed E-state index contributed by atoms with van der Waals surface area (Å²) >= 11 is 5.87. The van der Waals surface area contributed by atoms with E-state index < -0.39 is 0 Å². The quantitative estimate of drug-likeness (QED) is 0.740. The molecule has 0 aliphatic carbocycles. The molecule has 1 aromatic carbocycles. The summed E-state index contributed by atoms with van der Waals surface area (Å²) in [4.78, 5) is 13.8. The third-order valence-electron chi connectivity index (χ3n) is 2.58. The van der Waals surface area contributed by atoms with Gasteiger partial charge < -0.3 is 4.90 Å². The molecule has 0 heterocycles. The largest absolute Gasteiger partial charge is 0.342 e. The molecule has 0 aliphatic rings. The van der Waals surface area contributed by atoms with Crippen molar-refractivity contribution in [3.05, 3.63) is 35.4 Å². The molecule has 0 saturated carbocycles. The van der Waals surface area contributed by atoms with Crippen LogP contribution in [0.2, 0.25) is 0 Å². The van der Waals surface area contributed by atoms with E-state index in [1.807, 2.05) is 45.2 Å². The van der Waals surface area contributed by atoms with Gasteiger partial charge in [0.2, 0.25) is 0 Å². The minimum Gasteiger partial charge on any atom is -0.342 e. The SMILES string of the molecule is Cc1ccccc1C(=O)N(C)CCC(C)Cl. The number of rotatable bonds is 4. The van der Waals surface area contributed by atoms with E-state index in [-0.39, 0.29) is 11.3 Å². The highest BCUT2D eigenvalue weighted by molar-refractivity contribution is 6.20. The van der Waals surface area contributed by atoms with Gasteiger partial charge in [0, 0.05) is 24.5 Å². The molecule has 88 valence electrons. The fourth-order valence-corrected chi connectivity index (χ4v) is 1.59. The Hall–Kier alpha value is -1.02. The van der Waals surface area contributed by atoms with Crippen LogP contribution < -0.4 is 0 Å². The summed E-state index contributed by atoms with van der Waals surface area (Å²) in [7, 11) is 1.81. The van der Waals surface area contributed by atoms with Crippen LogP contribution >= 0.6 is 11.6 Å². The van der Waals surface area contributed by atoms with Crippen molar-refractivity contribution in [3.63, 3.8) is 0 Å². The van der Waals surface area contributed by atoms with E-state index in [1.165, 1.54) is 0 Å². The molecule has 0 bridgehead atoms. The highest BCUT2D eigenvalue weighted by Gasteiger charge is 2.13. The monoisotopic (exact) mass is 239 g/mol. The number of benzene rings is 1. The van der Waals surface area contributed by atoms with Crippen LogP contribution in [0.25, 0.3) is 0 Å². The second-order valence-electron chi connectivity index (χ2n) is 4.11. The second kappa shape index (κ2) is 5.90. The van der Waals surface area contributed by atoms with Crippen LogP contribution in [-0.2, 0) is 0 Å². The first kappa shape index (κ1) is 13.0. The number of nitrogens with zero attached hydrogens (tertiary/aromatic N) is 1. The smallest absolute Gasteiger partial charge is 0.253 e. The Balaban J connectivity index is 2.67. The molecule has 1 aromatic rings. The molecular weight excluding hydrogens is 222 g/mol. The maximum atomic E-state index is 12.1. The molecule has 3 heteroatoms. The van der Waals surface area contributed by atoms with Crippen molar-refractivity contribution in [1.29, 1.82) is 0 Å².